The molecule has 56 heavy (non-hydrogen) atoms. The van der Waals surface area contributed by atoms with Gasteiger partial charge in [-0.25, -0.2) is 17.8 Å². The lowest BCUT2D eigenvalue weighted by Gasteiger charge is -2.25. The van der Waals surface area contributed by atoms with Gasteiger partial charge in [0.2, 0.25) is 17.2 Å². The summed E-state index contributed by atoms with van der Waals surface area (Å²) in [6.07, 6.45) is 1.08. The predicted octanol–water partition coefficient (Wildman–Crippen LogP) is 6.11. The molecule has 0 radical (unpaired) electrons. The fraction of sp³-hybridized carbons (Fsp3) is 0.129. The summed E-state index contributed by atoms with van der Waals surface area (Å²) >= 11 is 19.4. The van der Waals surface area contributed by atoms with Gasteiger partial charge in [-0.3, -0.25) is 14.1 Å². The molecule has 4 aromatic rings. The van der Waals surface area contributed by atoms with Gasteiger partial charge < -0.3 is 25.1 Å². The van der Waals surface area contributed by atoms with Gasteiger partial charge in [0, 0.05) is 18.0 Å². The van der Waals surface area contributed by atoms with Gasteiger partial charge in [0.25, 0.3) is 0 Å². The maximum absolute atomic E-state index is 14.5. The molecular formula is C31H22Cl3FN8O10S3. The van der Waals surface area contributed by atoms with Crippen molar-refractivity contribution in [2.45, 2.75) is 27.7 Å². The number of nitrogens with zero attached hydrogens (tertiary/aromatic N) is 5. The molecule has 7 rings (SSSR count). The molecule has 0 saturated heterocycles. The van der Waals surface area contributed by atoms with Crippen molar-refractivity contribution in [2.24, 2.45) is 4.99 Å². The Morgan fingerprint density at radius 3 is 2.20 bits per heavy atom. The lowest BCUT2D eigenvalue weighted by atomic mass is 10.1. The molecule has 1 aromatic heterocycles. The number of hydrogen-bond donors (Lipinski definition) is 5. The Kier molecular flexibility index (Phi) is 9.98. The summed E-state index contributed by atoms with van der Waals surface area (Å²) in [6.45, 7) is 1.54. The zero-order valence-corrected chi connectivity index (χ0v) is 32.8. The highest BCUT2D eigenvalue weighted by molar-refractivity contribution is 7.90. The van der Waals surface area contributed by atoms with Gasteiger partial charge in [0.1, 0.15) is 32.8 Å². The Balaban J connectivity index is 1.22. The van der Waals surface area contributed by atoms with E-state index in [2.05, 4.69) is 40.9 Å². The number of fused-ring (bicyclic) bond motifs is 4. The average molecular weight is 888 g/mol. The van der Waals surface area contributed by atoms with Crippen molar-refractivity contribution in [1.82, 2.24) is 19.9 Å². The van der Waals surface area contributed by atoms with Crippen molar-refractivity contribution >= 4 is 105 Å². The summed E-state index contributed by atoms with van der Waals surface area (Å²) in [4.78, 5) is 19.2. The Hall–Kier alpha value is -4.94. The normalized spacial score (nSPS) is 13.8. The van der Waals surface area contributed by atoms with E-state index in [0.29, 0.717) is 5.69 Å². The van der Waals surface area contributed by atoms with E-state index in [-0.39, 0.29) is 77.9 Å². The number of hydrogen-bond acceptors (Lipinski definition) is 16. The number of anilines is 5. The minimum Gasteiger partial charge on any atom is -0.450 e. The molecule has 0 amide bonds. The minimum absolute atomic E-state index is 0.0107. The van der Waals surface area contributed by atoms with Crippen LogP contribution >= 0.6 is 34.8 Å². The van der Waals surface area contributed by atoms with Crippen LogP contribution in [-0.2, 0) is 30.1 Å². The standard InChI is InChI=1S/C31H22Cl3FN8O10S3/c1-12(37-30-41-29(34)42-31(43-30)38-13-3-5-14(6-4-13)54(2,44)45)11-36-18-10-9-17-24(28(18)56(49,50)51)53-26-20(33)21-25(19(32)22(26)40-17)52-23-16(39-21)8-7-15(35)27(23)55(46,47)48/h3-10,12,39H,11H2,1-2H3,(H,46,47,48)(H,49,50,51)(H2,37,38,41,42,43). The van der Waals surface area contributed by atoms with Crippen LogP contribution in [-0.4, -0.2) is 73.1 Å². The third-order valence-electron chi connectivity index (χ3n) is 7.88. The molecule has 1 atom stereocenters. The largest absolute Gasteiger partial charge is 0.450 e. The van der Waals surface area contributed by atoms with Crippen molar-refractivity contribution < 1.29 is 47.9 Å². The maximum atomic E-state index is 14.5. The number of ether oxygens (including phenoxy) is 1. The molecule has 0 saturated carbocycles. The number of aromatic nitrogens is 4. The van der Waals surface area contributed by atoms with E-state index in [9.17, 15) is 38.7 Å². The number of rotatable bonds is 9. The minimum atomic E-state index is -5.11. The molecule has 18 nitrogen and oxygen atoms in total. The summed E-state index contributed by atoms with van der Waals surface area (Å²) in [7, 11) is -13.6. The second-order valence-electron chi connectivity index (χ2n) is 12.0. The first-order valence-electron chi connectivity index (χ1n) is 15.5. The molecule has 3 aliphatic rings. The van der Waals surface area contributed by atoms with Crippen LogP contribution in [0.25, 0.3) is 22.6 Å². The highest BCUT2D eigenvalue weighted by Crippen LogP contribution is 2.54. The third kappa shape index (κ3) is 7.61. The first-order chi connectivity index (χ1) is 26.2. The van der Waals surface area contributed by atoms with E-state index in [4.69, 9.17) is 44.0 Å². The lowest BCUT2D eigenvalue weighted by molar-refractivity contribution is 0.433. The van der Waals surface area contributed by atoms with Gasteiger partial charge in [-0.1, -0.05) is 23.2 Å². The van der Waals surface area contributed by atoms with Crippen LogP contribution in [0, 0.1) is 5.82 Å². The summed E-state index contributed by atoms with van der Waals surface area (Å²) in [5.41, 5.74) is -0.414. The number of benzene rings is 4. The average Bonchev–Trinajstić information content (AvgIpc) is 3.10. The van der Waals surface area contributed by atoms with E-state index in [0.717, 1.165) is 18.4 Å². The van der Waals surface area contributed by atoms with E-state index in [1.165, 1.54) is 36.4 Å². The summed E-state index contributed by atoms with van der Waals surface area (Å²) in [6, 6.07) is 9.68. The van der Waals surface area contributed by atoms with Crippen LogP contribution in [0.2, 0.25) is 15.3 Å². The predicted molar refractivity (Wildman–Crippen MR) is 201 cm³/mol. The van der Waals surface area contributed by atoms with Crippen molar-refractivity contribution in [3.05, 3.63) is 75.0 Å². The monoisotopic (exact) mass is 886 g/mol. The zero-order valence-electron chi connectivity index (χ0n) is 28.0. The molecule has 0 bridgehead atoms. The van der Waals surface area contributed by atoms with Gasteiger partial charge in [-0.15, -0.1) is 0 Å². The molecule has 2 aliphatic heterocycles. The van der Waals surface area contributed by atoms with E-state index in [1.54, 1.807) is 6.92 Å². The second kappa shape index (κ2) is 14.2. The van der Waals surface area contributed by atoms with Gasteiger partial charge >= 0.3 is 20.2 Å². The summed E-state index contributed by atoms with van der Waals surface area (Å²) in [5, 5.41) is 7.59. The molecular weight excluding hydrogens is 866 g/mol. The van der Waals surface area contributed by atoms with Gasteiger partial charge in [0.15, 0.2) is 42.5 Å². The van der Waals surface area contributed by atoms with E-state index < -0.39 is 63.2 Å². The van der Waals surface area contributed by atoms with Gasteiger partial charge in [-0.2, -0.15) is 31.8 Å². The molecule has 0 spiro atoms. The molecule has 25 heteroatoms. The first kappa shape index (κ1) is 39.3. The maximum Gasteiger partial charge on any atom is 0.301 e. The molecule has 3 heterocycles. The Bertz CT molecular complexity index is 3010. The third-order valence-corrected chi connectivity index (χ3v) is 11.7. The quantitative estimate of drug-likeness (QED) is 0.0808. The van der Waals surface area contributed by atoms with E-state index in [1.807, 2.05) is 0 Å². The van der Waals surface area contributed by atoms with Gasteiger partial charge in [0.05, 0.1) is 22.5 Å². The van der Waals surface area contributed by atoms with Crippen LogP contribution in [0.4, 0.5) is 33.3 Å². The highest BCUT2D eigenvalue weighted by atomic mass is 35.5. The number of nitrogens with one attached hydrogen (secondary N) is 3. The van der Waals surface area contributed by atoms with Crippen molar-refractivity contribution in [3.8, 4) is 23.0 Å². The summed E-state index contributed by atoms with van der Waals surface area (Å²) in [5.74, 6) is -2.67. The zero-order chi connectivity index (χ0) is 40.5. The summed E-state index contributed by atoms with van der Waals surface area (Å²) < 4.78 is 119. The number of halogens is 4. The van der Waals surface area contributed by atoms with E-state index >= 15 is 0 Å². The van der Waals surface area contributed by atoms with Crippen LogP contribution < -0.4 is 26.0 Å². The van der Waals surface area contributed by atoms with Gasteiger partial charge in [-0.05, 0) is 67.1 Å². The fourth-order valence-corrected chi connectivity index (χ4v) is 8.25. The molecule has 1 unspecified atom stereocenters. The Morgan fingerprint density at radius 1 is 0.857 bits per heavy atom. The first-order valence-corrected chi connectivity index (χ1v) is 21.4. The fourth-order valence-electron chi connectivity index (χ4n) is 5.46. The Labute approximate surface area is 330 Å². The number of sulfone groups is 1. The highest BCUT2D eigenvalue weighted by Gasteiger charge is 2.34. The molecule has 292 valence electrons. The topological polar surface area (TPSA) is 265 Å². The van der Waals surface area contributed by atoms with Crippen molar-refractivity contribution in [3.63, 3.8) is 0 Å². The SMILES string of the molecule is CC(CN=c1ccc2nc3c(Cl)c4c(c(Cl)c3oc-2c1S(=O)(=O)O)Nc1ccc(F)c(S(=O)(=O)O)c1O4)Nc1nc(Cl)nc(Nc2ccc(S(C)(=O)=O)cc2)n1. The molecule has 0 fully saturated rings. The Morgan fingerprint density at radius 2 is 1.54 bits per heavy atom. The van der Waals surface area contributed by atoms with Crippen LogP contribution in [0.5, 0.6) is 11.5 Å². The second-order valence-corrected chi connectivity index (χ2v) is 17.8. The van der Waals surface area contributed by atoms with Crippen LogP contribution in [0.15, 0.2) is 72.6 Å². The molecule has 1 aliphatic carbocycles. The van der Waals surface area contributed by atoms with Crippen molar-refractivity contribution in [2.75, 3.05) is 28.8 Å². The van der Waals surface area contributed by atoms with Crippen molar-refractivity contribution in [1.29, 1.82) is 0 Å². The molecule has 5 N–H and O–H groups in total. The van der Waals surface area contributed by atoms with Crippen LogP contribution in [0.3, 0.4) is 0 Å². The lowest BCUT2D eigenvalue weighted by Crippen LogP contribution is -2.24. The molecule has 3 aromatic carbocycles. The van der Waals surface area contributed by atoms with Crippen LogP contribution in [0.1, 0.15) is 6.92 Å². The smallest absolute Gasteiger partial charge is 0.301 e.